The van der Waals surface area contributed by atoms with Crippen molar-refractivity contribution in [1.29, 1.82) is 0 Å². The van der Waals surface area contributed by atoms with Crippen molar-refractivity contribution < 1.29 is 37.2 Å². The molecule has 1 spiro atoms. The van der Waals surface area contributed by atoms with E-state index in [-0.39, 0.29) is 30.1 Å². The molecule has 0 bridgehead atoms. The Labute approximate surface area is 139 Å². The molecular weight excluding hydrogens is 329 g/mol. The molecular formula is C16H25F3O5. The molecule has 0 aromatic carbocycles. The Morgan fingerprint density at radius 1 is 1.33 bits per heavy atom. The molecule has 3 rings (SSSR count). The molecule has 3 fully saturated rings. The van der Waals surface area contributed by atoms with Crippen LogP contribution in [0.2, 0.25) is 0 Å². The molecule has 1 aliphatic carbocycles. The van der Waals surface area contributed by atoms with Crippen LogP contribution >= 0.6 is 0 Å². The molecule has 0 aromatic heterocycles. The SMILES string of the molecule is CO[C@@H]1[C@H](O)[C@H](C)C[C@]2(CO2)[C@H]1[C@]1(C)O[C@@H]1CCOCC(F)(F)F. The monoisotopic (exact) mass is 354 g/mol. The van der Waals surface area contributed by atoms with Gasteiger partial charge in [-0.05, 0) is 25.7 Å². The molecule has 1 saturated carbocycles. The summed E-state index contributed by atoms with van der Waals surface area (Å²) in [6.07, 6.45) is -4.45. The average molecular weight is 354 g/mol. The van der Waals surface area contributed by atoms with Crippen LogP contribution < -0.4 is 0 Å². The second-order valence-corrected chi connectivity index (χ2v) is 7.45. The average Bonchev–Trinajstić information content (AvgIpc) is 3.37. The minimum absolute atomic E-state index is 0.0169. The molecule has 0 amide bonds. The van der Waals surface area contributed by atoms with Crippen molar-refractivity contribution in [2.75, 3.05) is 26.9 Å². The second kappa shape index (κ2) is 6.09. The first-order valence-corrected chi connectivity index (χ1v) is 8.30. The summed E-state index contributed by atoms with van der Waals surface area (Å²) in [4.78, 5) is 0. The van der Waals surface area contributed by atoms with Crippen LogP contribution in [0, 0.1) is 11.8 Å². The molecule has 24 heavy (non-hydrogen) atoms. The summed E-state index contributed by atoms with van der Waals surface area (Å²) in [6, 6.07) is 0. The van der Waals surface area contributed by atoms with Gasteiger partial charge in [0.05, 0.1) is 30.8 Å². The highest BCUT2D eigenvalue weighted by molar-refractivity contribution is 5.20. The lowest BCUT2D eigenvalue weighted by Crippen LogP contribution is -2.57. The van der Waals surface area contributed by atoms with Crippen molar-refractivity contribution >= 4 is 0 Å². The smallest absolute Gasteiger partial charge is 0.390 e. The Balaban J connectivity index is 1.61. The first kappa shape index (κ1) is 18.4. The maximum atomic E-state index is 12.1. The molecule has 8 heteroatoms. The summed E-state index contributed by atoms with van der Waals surface area (Å²) in [7, 11) is 1.56. The Bertz CT molecular complexity index is 467. The largest absolute Gasteiger partial charge is 0.411 e. The minimum atomic E-state index is -4.32. The maximum absolute atomic E-state index is 12.1. The molecule has 7 atom stereocenters. The van der Waals surface area contributed by atoms with Crippen LogP contribution in [0.25, 0.3) is 0 Å². The van der Waals surface area contributed by atoms with E-state index >= 15 is 0 Å². The topological polar surface area (TPSA) is 63.8 Å². The summed E-state index contributed by atoms with van der Waals surface area (Å²) in [5.41, 5.74) is -0.921. The van der Waals surface area contributed by atoms with Gasteiger partial charge < -0.3 is 24.1 Å². The number of alkyl halides is 3. The minimum Gasteiger partial charge on any atom is -0.390 e. The predicted octanol–water partition coefficient (Wildman–Crippen LogP) is 1.91. The van der Waals surface area contributed by atoms with Crippen molar-refractivity contribution in [3.8, 4) is 0 Å². The summed E-state index contributed by atoms with van der Waals surface area (Å²) in [5.74, 6) is -0.0848. The molecule has 1 N–H and O–H groups in total. The fourth-order valence-electron chi connectivity index (χ4n) is 4.40. The molecule has 3 aliphatic rings. The molecule has 140 valence electrons. The number of ether oxygens (including phenoxy) is 4. The molecule has 0 radical (unpaired) electrons. The summed E-state index contributed by atoms with van der Waals surface area (Å²) in [5, 5.41) is 10.5. The van der Waals surface area contributed by atoms with E-state index in [0.29, 0.717) is 13.0 Å². The van der Waals surface area contributed by atoms with Gasteiger partial charge in [-0.3, -0.25) is 0 Å². The molecule has 2 saturated heterocycles. The third kappa shape index (κ3) is 3.31. The Kier molecular flexibility index (Phi) is 4.66. The van der Waals surface area contributed by atoms with E-state index in [1.165, 1.54) is 0 Å². The molecule has 5 nitrogen and oxygen atoms in total. The number of halogens is 3. The van der Waals surface area contributed by atoms with Crippen LogP contribution in [-0.2, 0) is 18.9 Å². The van der Waals surface area contributed by atoms with Crippen LogP contribution in [-0.4, -0.2) is 67.7 Å². The highest BCUT2D eigenvalue weighted by Crippen LogP contribution is 2.60. The van der Waals surface area contributed by atoms with E-state index in [1.807, 2.05) is 13.8 Å². The van der Waals surface area contributed by atoms with Gasteiger partial charge in [-0.2, -0.15) is 13.2 Å². The Hall–Kier alpha value is -0.410. The highest BCUT2D eigenvalue weighted by Gasteiger charge is 2.72. The lowest BCUT2D eigenvalue weighted by molar-refractivity contribution is -0.174. The highest BCUT2D eigenvalue weighted by atomic mass is 19.4. The van der Waals surface area contributed by atoms with E-state index in [9.17, 15) is 18.3 Å². The van der Waals surface area contributed by atoms with Gasteiger partial charge in [-0.15, -0.1) is 0 Å². The molecule has 2 aliphatic heterocycles. The number of epoxide rings is 2. The van der Waals surface area contributed by atoms with Crippen LogP contribution in [0.15, 0.2) is 0 Å². The van der Waals surface area contributed by atoms with Crippen LogP contribution in [0.5, 0.6) is 0 Å². The zero-order chi connectivity index (χ0) is 17.8. The number of methoxy groups -OCH3 is 1. The lowest BCUT2D eigenvalue weighted by Gasteiger charge is -2.44. The molecule has 0 aromatic rings. The number of aliphatic hydroxyl groups excluding tert-OH is 1. The van der Waals surface area contributed by atoms with Gasteiger partial charge in [0.2, 0.25) is 0 Å². The number of hydrogen-bond acceptors (Lipinski definition) is 5. The van der Waals surface area contributed by atoms with E-state index in [0.717, 1.165) is 6.42 Å². The van der Waals surface area contributed by atoms with E-state index in [4.69, 9.17) is 14.2 Å². The van der Waals surface area contributed by atoms with Crippen molar-refractivity contribution in [1.82, 2.24) is 0 Å². The van der Waals surface area contributed by atoms with Gasteiger partial charge in [0, 0.05) is 13.7 Å². The normalized spacial score (nSPS) is 47.9. The lowest BCUT2D eigenvalue weighted by atomic mass is 9.65. The Morgan fingerprint density at radius 2 is 2.00 bits per heavy atom. The number of aliphatic hydroxyl groups is 1. The third-order valence-corrected chi connectivity index (χ3v) is 5.66. The molecule has 2 heterocycles. The van der Waals surface area contributed by atoms with Crippen molar-refractivity contribution in [2.45, 2.75) is 62.4 Å². The predicted molar refractivity (Wildman–Crippen MR) is 77.5 cm³/mol. The van der Waals surface area contributed by atoms with E-state index < -0.39 is 30.6 Å². The molecule has 0 unspecified atom stereocenters. The van der Waals surface area contributed by atoms with Crippen LogP contribution in [0.1, 0.15) is 26.7 Å². The van der Waals surface area contributed by atoms with Gasteiger partial charge in [0.1, 0.15) is 17.8 Å². The zero-order valence-corrected chi connectivity index (χ0v) is 14.1. The van der Waals surface area contributed by atoms with Crippen LogP contribution in [0.4, 0.5) is 13.2 Å². The van der Waals surface area contributed by atoms with Crippen molar-refractivity contribution in [2.24, 2.45) is 11.8 Å². The van der Waals surface area contributed by atoms with E-state index in [1.54, 1.807) is 7.11 Å². The van der Waals surface area contributed by atoms with Crippen molar-refractivity contribution in [3.63, 3.8) is 0 Å². The van der Waals surface area contributed by atoms with Gasteiger partial charge in [0.25, 0.3) is 0 Å². The standard InChI is InChI=1S/C16H25F3O5/c1-9-6-15(7-23-15)13(12(21-3)11(9)20)14(2)10(24-14)4-5-22-8-16(17,18)19/h9-13,20H,4-8H2,1-3H3/t9-,10-,11-,12-,13-,14-,15+/m1/s1. The summed E-state index contributed by atoms with van der Waals surface area (Å²) >= 11 is 0. The first-order chi connectivity index (χ1) is 11.1. The Morgan fingerprint density at radius 3 is 2.54 bits per heavy atom. The van der Waals surface area contributed by atoms with Crippen LogP contribution in [0.3, 0.4) is 0 Å². The number of hydrogen-bond donors (Lipinski definition) is 1. The number of rotatable bonds is 6. The maximum Gasteiger partial charge on any atom is 0.411 e. The third-order valence-electron chi connectivity index (χ3n) is 5.66. The second-order valence-electron chi connectivity index (χ2n) is 7.45. The van der Waals surface area contributed by atoms with Gasteiger partial charge in [-0.1, -0.05) is 6.92 Å². The fourth-order valence-corrected chi connectivity index (χ4v) is 4.40. The first-order valence-electron chi connectivity index (χ1n) is 8.30. The summed E-state index contributed by atoms with van der Waals surface area (Å²) < 4.78 is 58.1. The van der Waals surface area contributed by atoms with Crippen molar-refractivity contribution in [3.05, 3.63) is 0 Å². The quantitative estimate of drug-likeness (QED) is 0.583. The zero-order valence-electron chi connectivity index (χ0n) is 14.1. The summed E-state index contributed by atoms with van der Waals surface area (Å²) in [6.45, 7) is 3.23. The van der Waals surface area contributed by atoms with E-state index in [2.05, 4.69) is 4.74 Å². The van der Waals surface area contributed by atoms with Gasteiger partial charge >= 0.3 is 6.18 Å². The van der Waals surface area contributed by atoms with Gasteiger partial charge in [-0.25, -0.2) is 0 Å². The fraction of sp³-hybridized carbons (Fsp3) is 1.00. The van der Waals surface area contributed by atoms with Gasteiger partial charge in [0.15, 0.2) is 0 Å².